The Morgan fingerprint density at radius 2 is 1.79 bits per heavy atom. The minimum atomic E-state index is -2.85. The molecule has 4 nitrogen and oxygen atoms in total. The number of halogens is 2. The van der Waals surface area contributed by atoms with E-state index in [0.29, 0.717) is 11.8 Å². The minimum absolute atomic E-state index is 0.0694. The van der Waals surface area contributed by atoms with E-state index in [9.17, 15) is 8.78 Å². The molecule has 1 aliphatic rings. The lowest BCUT2D eigenvalue weighted by Gasteiger charge is -2.32. The van der Waals surface area contributed by atoms with Crippen LogP contribution in [0.4, 0.5) is 8.78 Å². The lowest BCUT2D eigenvalue weighted by Crippen LogP contribution is -2.42. The molecule has 0 aromatic heterocycles. The summed E-state index contributed by atoms with van der Waals surface area (Å²) >= 11 is 0. The lowest BCUT2D eigenvalue weighted by atomic mass is 10.0. The fourth-order valence-electron chi connectivity index (χ4n) is 3.62. The van der Waals surface area contributed by atoms with Gasteiger partial charge in [0.05, 0.1) is 7.11 Å². The summed E-state index contributed by atoms with van der Waals surface area (Å²) < 4.78 is 34.4. The predicted molar refractivity (Wildman–Crippen MR) is 106 cm³/mol. The maximum absolute atomic E-state index is 12.4. The van der Waals surface area contributed by atoms with Crippen LogP contribution in [-0.4, -0.2) is 44.3 Å². The van der Waals surface area contributed by atoms with Crippen LogP contribution in [0.2, 0.25) is 0 Å². The summed E-state index contributed by atoms with van der Waals surface area (Å²) in [6.07, 6.45) is 3.09. The van der Waals surface area contributed by atoms with E-state index in [1.54, 1.807) is 12.1 Å². The molecule has 2 aromatic carbocycles. The summed E-state index contributed by atoms with van der Waals surface area (Å²) in [6, 6.07) is 16.2. The minimum Gasteiger partial charge on any atom is -0.493 e. The third kappa shape index (κ3) is 6.17. The van der Waals surface area contributed by atoms with Gasteiger partial charge in [-0.3, -0.25) is 4.90 Å². The summed E-state index contributed by atoms with van der Waals surface area (Å²) in [6.45, 7) is 1.20. The van der Waals surface area contributed by atoms with Gasteiger partial charge < -0.3 is 14.8 Å². The summed E-state index contributed by atoms with van der Waals surface area (Å²) in [5.41, 5.74) is 2.40. The van der Waals surface area contributed by atoms with Crippen LogP contribution in [0.5, 0.6) is 11.5 Å². The van der Waals surface area contributed by atoms with Gasteiger partial charge in [-0.2, -0.15) is 8.78 Å². The first-order chi connectivity index (χ1) is 13.6. The number of benzene rings is 2. The molecular formula is C22H28F2N2O2. The molecule has 0 atom stereocenters. The van der Waals surface area contributed by atoms with Gasteiger partial charge in [0.1, 0.15) is 0 Å². The maximum atomic E-state index is 12.4. The number of rotatable bonds is 9. The van der Waals surface area contributed by atoms with Crippen LogP contribution in [0.3, 0.4) is 0 Å². The van der Waals surface area contributed by atoms with Crippen LogP contribution >= 0.6 is 0 Å². The Hall–Kier alpha value is -2.18. The first kappa shape index (κ1) is 20.6. The Labute approximate surface area is 165 Å². The third-order valence-corrected chi connectivity index (χ3v) is 5.13. The number of nitrogens with zero attached hydrogens (tertiary/aromatic N) is 1. The van der Waals surface area contributed by atoms with E-state index in [1.807, 2.05) is 6.07 Å². The monoisotopic (exact) mass is 390 g/mol. The second kappa shape index (κ2) is 10.4. The molecule has 0 unspecified atom stereocenters. The van der Waals surface area contributed by atoms with E-state index in [1.165, 1.54) is 12.7 Å². The fourth-order valence-corrected chi connectivity index (χ4v) is 3.62. The van der Waals surface area contributed by atoms with E-state index < -0.39 is 6.61 Å². The summed E-state index contributed by atoms with van der Waals surface area (Å²) in [4.78, 5) is 2.50. The molecule has 1 saturated heterocycles. The Morgan fingerprint density at radius 1 is 1.04 bits per heavy atom. The average molecular weight is 390 g/mol. The molecule has 0 saturated carbocycles. The van der Waals surface area contributed by atoms with E-state index >= 15 is 0 Å². The number of nitrogens with one attached hydrogen (secondary N) is 1. The third-order valence-electron chi connectivity index (χ3n) is 5.13. The summed E-state index contributed by atoms with van der Waals surface area (Å²) in [5, 5.41) is 3.62. The molecule has 0 amide bonds. The molecule has 0 spiro atoms. The highest BCUT2D eigenvalue weighted by atomic mass is 19.3. The van der Waals surface area contributed by atoms with Crippen LogP contribution in [0.25, 0.3) is 0 Å². The molecule has 1 N–H and O–H groups in total. The highest BCUT2D eigenvalue weighted by Gasteiger charge is 2.18. The normalized spacial score (nSPS) is 15.7. The largest absolute Gasteiger partial charge is 0.493 e. The van der Waals surface area contributed by atoms with Gasteiger partial charge >= 0.3 is 6.61 Å². The zero-order valence-electron chi connectivity index (χ0n) is 16.2. The maximum Gasteiger partial charge on any atom is 0.387 e. The number of hydrogen-bond donors (Lipinski definition) is 1. The van der Waals surface area contributed by atoms with Crippen LogP contribution in [0, 0.1) is 0 Å². The second-order valence-electron chi connectivity index (χ2n) is 7.10. The molecule has 28 heavy (non-hydrogen) atoms. The van der Waals surface area contributed by atoms with Crippen LogP contribution in [0.15, 0.2) is 48.5 Å². The standard InChI is InChI=1S/C22H28F2N2O2/c1-27-21-15-17(7-8-20(21)28-22(23)24)9-12-25-19-10-13-26(14-11-19)16-18-5-3-2-4-6-18/h2-8,15,19,22,25H,9-14,16H2,1H3. The predicted octanol–water partition coefficient (Wildman–Crippen LogP) is 4.09. The average Bonchev–Trinajstić information content (AvgIpc) is 2.71. The van der Waals surface area contributed by atoms with Crippen molar-refractivity contribution in [2.75, 3.05) is 26.7 Å². The van der Waals surface area contributed by atoms with Crippen molar-refractivity contribution in [1.82, 2.24) is 10.2 Å². The van der Waals surface area contributed by atoms with Gasteiger partial charge in [0.15, 0.2) is 11.5 Å². The number of methoxy groups -OCH3 is 1. The van der Waals surface area contributed by atoms with Crippen molar-refractivity contribution in [3.8, 4) is 11.5 Å². The highest BCUT2D eigenvalue weighted by molar-refractivity contribution is 5.43. The lowest BCUT2D eigenvalue weighted by molar-refractivity contribution is -0.0512. The van der Waals surface area contributed by atoms with Crippen LogP contribution in [-0.2, 0) is 13.0 Å². The Kier molecular flexibility index (Phi) is 7.62. The van der Waals surface area contributed by atoms with Crippen LogP contribution < -0.4 is 14.8 Å². The first-order valence-electron chi connectivity index (χ1n) is 9.75. The van der Waals surface area contributed by atoms with E-state index in [2.05, 4.69) is 45.3 Å². The fraction of sp³-hybridized carbons (Fsp3) is 0.455. The van der Waals surface area contributed by atoms with E-state index in [0.717, 1.165) is 51.0 Å². The number of ether oxygens (including phenoxy) is 2. The molecule has 1 heterocycles. The van der Waals surface area contributed by atoms with Gasteiger partial charge in [0, 0.05) is 12.6 Å². The quantitative estimate of drug-likeness (QED) is 0.699. The van der Waals surface area contributed by atoms with Gasteiger partial charge in [-0.25, -0.2) is 0 Å². The van der Waals surface area contributed by atoms with E-state index in [4.69, 9.17) is 4.74 Å². The molecule has 0 bridgehead atoms. The molecule has 1 fully saturated rings. The van der Waals surface area contributed by atoms with Gasteiger partial charge in [0.25, 0.3) is 0 Å². The summed E-state index contributed by atoms with van der Waals surface area (Å²) in [7, 11) is 1.46. The van der Waals surface area contributed by atoms with Crippen molar-refractivity contribution in [2.45, 2.75) is 38.5 Å². The van der Waals surface area contributed by atoms with Gasteiger partial charge in [0.2, 0.25) is 0 Å². The van der Waals surface area contributed by atoms with Crippen molar-refractivity contribution >= 4 is 0 Å². The van der Waals surface area contributed by atoms with Crippen molar-refractivity contribution in [3.05, 3.63) is 59.7 Å². The zero-order valence-corrected chi connectivity index (χ0v) is 16.2. The van der Waals surface area contributed by atoms with E-state index in [-0.39, 0.29) is 5.75 Å². The van der Waals surface area contributed by atoms with Crippen molar-refractivity contribution in [1.29, 1.82) is 0 Å². The molecule has 0 radical (unpaired) electrons. The van der Waals surface area contributed by atoms with Crippen molar-refractivity contribution in [3.63, 3.8) is 0 Å². The van der Waals surface area contributed by atoms with Gasteiger partial charge in [-0.1, -0.05) is 36.4 Å². The van der Waals surface area contributed by atoms with Gasteiger partial charge in [-0.05, 0) is 62.2 Å². The molecule has 2 aromatic rings. The highest BCUT2D eigenvalue weighted by Crippen LogP contribution is 2.29. The number of alkyl halides is 2. The Balaban J connectivity index is 1.40. The number of piperidine rings is 1. The first-order valence-corrected chi connectivity index (χ1v) is 9.75. The molecule has 152 valence electrons. The van der Waals surface area contributed by atoms with Crippen molar-refractivity contribution < 1.29 is 18.3 Å². The number of hydrogen-bond acceptors (Lipinski definition) is 4. The summed E-state index contributed by atoms with van der Waals surface area (Å²) in [5.74, 6) is 0.409. The molecule has 3 rings (SSSR count). The SMILES string of the molecule is COc1cc(CCNC2CCN(Cc3ccccc3)CC2)ccc1OC(F)F. The molecule has 1 aliphatic heterocycles. The molecule has 0 aliphatic carbocycles. The Bertz CT molecular complexity index is 720. The Morgan fingerprint density at radius 3 is 2.46 bits per heavy atom. The topological polar surface area (TPSA) is 33.7 Å². The molecular weight excluding hydrogens is 362 g/mol. The van der Waals surface area contributed by atoms with Crippen LogP contribution in [0.1, 0.15) is 24.0 Å². The molecule has 6 heteroatoms. The number of likely N-dealkylation sites (tertiary alicyclic amines) is 1. The smallest absolute Gasteiger partial charge is 0.387 e. The second-order valence-corrected chi connectivity index (χ2v) is 7.10. The zero-order chi connectivity index (χ0) is 19.8. The van der Waals surface area contributed by atoms with Gasteiger partial charge in [-0.15, -0.1) is 0 Å². The van der Waals surface area contributed by atoms with Crippen molar-refractivity contribution in [2.24, 2.45) is 0 Å².